The van der Waals surface area contributed by atoms with Crippen LogP contribution in [-0.2, 0) is 11.2 Å². The normalized spacial score (nSPS) is 15.1. The first kappa shape index (κ1) is 17.8. The largest absolute Gasteiger partial charge is 0.478 e. The lowest BCUT2D eigenvalue weighted by molar-refractivity contribution is -0.114. The first-order chi connectivity index (χ1) is 13.6. The van der Waals surface area contributed by atoms with Crippen LogP contribution < -0.4 is 5.01 Å². The number of nitrogens with zero attached hydrogens (tertiary/aromatic N) is 3. The number of thiazole rings is 1. The Morgan fingerprint density at radius 2 is 1.86 bits per heavy atom. The van der Waals surface area contributed by atoms with Gasteiger partial charge in [-0.1, -0.05) is 30.3 Å². The van der Waals surface area contributed by atoms with E-state index in [2.05, 4.69) is 10.1 Å². The third kappa shape index (κ3) is 3.60. The quantitative estimate of drug-likeness (QED) is 0.672. The lowest BCUT2D eigenvalue weighted by Gasteiger charge is -2.11. The molecule has 1 aliphatic rings. The summed E-state index contributed by atoms with van der Waals surface area (Å²) in [7, 11) is 0. The van der Waals surface area contributed by atoms with E-state index in [0.29, 0.717) is 23.4 Å². The summed E-state index contributed by atoms with van der Waals surface area (Å²) >= 11 is 1.44. The van der Waals surface area contributed by atoms with E-state index >= 15 is 0 Å². The van der Waals surface area contributed by atoms with Gasteiger partial charge in [-0.25, -0.2) is 9.78 Å². The average Bonchev–Trinajstić information content (AvgIpc) is 3.33. The van der Waals surface area contributed by atoms with E-state index in [1.54, 1.807) is 24.4 Å². The predicted molar refractivity (Wildman–Crippen MR) is 109 cm³/mol. The fourth-order valence-corrected chi connectivity index (χ4v) is 3.44. The van der Waals surface area contributed by atoms with Crippen molar-refractivity contribution in [1.29, 1.82) is 0 Å². The Morgan fingerprint density at radius 1 is 1.11 bits per heavy atom. The van der Waals surface area contributed by atoms with E-state index in [1.807, 2.05) is 35.7 Å². The smallest absolute Gasteiger partial charge is 0.335 e. The molecule has 1 aromatic heterocycles. The first-order valence-electron chi connectivity index (χ1n) is 8.52. The highest BCUT2D eigenvalue weighted by Crippen LogP contribution is 2.27. The molecule has 6 nitrogen and oxygen atoms in total. The summed E-state index contributed by atoms with van der Waals surface area (Å²) < 4.78 is 0. The van der Waals surface area contributed by atoms with E-state index in [-0.39, 0.29) is 11.5 Å². The van der Waals surface area contributed by atoms with Gasteiger partial charge in [0.25, 0.3) is 5.91 Å². The number of benzene rings is 2. The minimum atomic E-state index is -1.02. The maximum Gasteiger partial charge on any atom is 0.335 e. The summed E-state index contributed by atoms with van der Waals surface area (Å²) in [5, 5.41) is 17.5. The van der Waals surface area contributed by atoms with Crippen molar-refractivity contribution in [3.8, 4) is 0 Å². The second-order valence-electron chi connectivity index (χ2n) is 6.11. The monoisotopic (exact) mass is 389 g/mol. The summed E-state index contributed by atoms with van der Waals surface area (Å²) in [5.74, 6) is -1.28. The molecule has 0 spiro atoms. The Morgan fingerprint density at radius 3 is 2.50 bits per heavy atom. The Bertz CT molecular complexity index is 1070. The maximum atomic E-state index is 13.1. The minimum absolute atomic E-state index is 0.155. The van der Waals surface area contributed by atoms with E-state index in [9.17, 15) is 9.59 Å². The zero-order valence-electron chi connectivity index (χ0n) is 14.6. The molecule has 0 atom stereocenters. The lowest BCUT2D eigenvalue weighted by Crippen LogP contribution is -2.21. The van der Waals surface area contributed by atoms with E-state index < -0.39 is 5.97 Å². The number of carboxylic acids is 1. The third-order valence-corrected chi connectivity index (χ3v) is 4.97. The molecule has 138 valence electrons. The van der Waals surface area contributed by atoms with E-state index in [1.165, 1.54) is 28.5 Å². The van der Waals surface area contributed by atoms with Crippen molar-refractivity contribution in [3.05, 3.63) is 87.9 Å². The van der Waals surface area contributed by atoms with Crippen molar-refractivity contribution in [3.63, 3.8) is 0 Å². The predicted octanol–water partition coefficient (Wildman–Crippen LogP) is 3.87. The van der Waals surface area contributed by atoms with Gasteiger partial charge in [-0.2, -0.15) is 10.1 Å². The summed E-state index contributed by atoms with van der Waals surface area (Å²) in [6.07, 6.45) is 3.95. The van der Waals surface area contributed by atoms with Crippen LogP contribution >= 0.6 is 11.3 Å². The zero-order valence-corrected chi connectivity index (χ0v) is 15.5. The third-order valence-electron chi connectivity index (χ3n) is 4.25. The van der Waals surface area contributed by atoms with Gasteiger partial charge in [-0.3, -0.25) is 4.79 Å². The number of rotatable bonds is 5. The van der Waals surface area contributed by atoms with E-state index in [4.69, 9.17) is 5.11 Å². The lowest BCUT2D eigenvalue weighted by atomic mass is 10.0. The van der Waals surface area contributed by atoms with Gasteiger partial charge in [-0.15, -0.1) is 11.3 Å². The molecule has 3 aromatic rings. The van der Waals surface area contributed by atoms with Gasteiger partial charge in [0.15, 0.2) is 0 Å². The molecular weight excluding hydrogens is 374 g/mol. The molecule has 0 unspecified atom stereocenters. The number of anilines is 1. The van der Waals surface area contributed by atoms with Crippen molar-refractivity contribution in [2.45, 2.75) is 6.42 Å². The number of aromatic nitrogens is 1. The highest BCUT2D eigenvalue weighted by Gasteiger charge is 2.31. The topological polar surface area (TPSA) is 82.9 Å². The Balaban J connectivity index is 1.71. The highest BCUT2D eigenvalue weighted by molar-refractivity contribution is 7.10. The number of aromatic carboxylic acids is 1. The van der Waals surface area contributed by atoms with Gasteiger partial charge in [-0.05, 0) is 35.9 Å². The molecule has 0 fully saturated rings. The van der Waals surface area contributed by atoms with Crippen LogP contribution in [0.15, 0.2) is 76.8 Å². The summed E-state index contributed by atoms with van der Waals surface area (Å²) in [6.45, 7) is 0. The SMILES string of the molecule is O=C(O)c1ccc(N2N=C(Cc3ccccc3)/C(=C/c3nccs3)C2=O)cc1. The van der Waals surface area contributed by atoms with Crippen LogP contribution in [0.2, 0.25) is 0 Å². The molecule has 7 heteroatoms. The average molecular weight is 389 g/mol. The van der Waals surface area contributed by atoms with Gasteiger partial charge in [0.1, 0.15) is 5.01 Å². The Labute approximate surface area is 165 Å². The van der Waals surface area contributed by atoms with Gasteiger partial charge >= 0.3 is 5.97 Å². The molecule has 0 aliphatic carbocycles. The van der Waals surface area contributed by atoms with Crippen LogP contribution in [0.5, 0.6) is 0 Å². The van der Waals surface area contributed by atoms with Crippen molar-refractivity contribution >= 4 is 40.7 Å². The molecule has 4 rings (SSSR count). The molecule has 2 heterocycles. The summed E-state index contributed by atoms with van der Waals surface area (Å²) in [5.41, 5.74) is 2.85. The fourth-order valence-electron chi connectivity index (χ4n) is 2.87. The molecule has 1 amide bonds. The number of hydrogen-bond donors (Lipinski definition) is 1. The molecule has 0 bridgehead atoms. The fraction of sp³-hybridized carbons (Fsp3) is 0.0476. The first-order valence-corrected chi connectivity index (χ1v) is 9.40. The van der Waals surface area contributed by atoms with Crippen LogP contribution in [0.25, 0.3) is 6.08 Å². The van der Waals surface area contributed by atoms with Gasteiger partial charge in [0.2, 0.25) is 0 Å². The van der Waals surface area contributed by atoms with Gasteiger partial charge in [0.05, 0.1) is 22.5 Å². The molecule has 0 radical (unpaired) electrons. The van der Waals surface area contributed by atoms with Crippen molar-refractivity contribution < 1.29 is 14.7 Å². The number of amides is 1. The van der Waals surface area contributed by atoms with Crippen LogP contribution in [-0.4, -0.2) is 27.7 Å². The summed E-state index contributed by atoms with van der Waals surface area (Å²) in [6, 6.07) is 15.9. The van der Waals surface area contributed by atoms with Crippen LogP contribution in [0.1, 0.15) is 20.9 Å². The van der Waals surface area contributed by atoms with Crippen molar-refractivity contribution in [2.24, 2.45) is 5.10 Å². The van der Waals surface area contributed by atoms with E-state index in [0.717, 1.165) is 10.6 Å². The van der Waals surface area contributed by atoms with Crippen LogP contribution in [0.3, 0.4) is 0 Å². The van der Waals surface area contributed by atoms with Crippen LogP contribution in [0.4, 0.5) is 5.69 Å². The number of carbonyl (C=O) groups is 2. The molecular formula is C21H15N3O3S. The number of hydrogen-bond acceptors (Lipinski definition) is 5. The number of carbonyl (C=O) groups excluding carboxylic acids is 1. The molecule has 1 N–H and O–H groups in total. The van der Waals surface area contributed by atoms with Gasteiger partial charge < -0.3 is 5.11 Å². The summed E-state index contributed by atoms with van der Waals surface area (Å²) in [4.78, 5) is 28.4. The van der Waals surface area contributed by atoms with Gasteiger partial charge in [0, 0.05) is 18.0 Å². The zero-order chi connectivity index (χ0) is 19.5. The highest BCUT2D eigenvalue weighted by atomic mass is 32.1. The molecule has 2 aromatic carbocycles. The van der Waals surface area contributed by atoms with Crippen molar-refractivity contribution in [1.82, 2.24) is 4.98 Å². The second-order valence-corrected chi connectivity index (χ2v) is 7.03. The molecule has 0 saturated carbocycles. The molecule has 28 heavy (non-hydrogen) atoms. The number of hydrazone groups is 1. The Kier molecular flexibility index (Phi) is 4.82. The second kappa shape index (κ2) is 7.58. The molecule has 0 saturated heterocycles. The number of carboxylic acid groups (broad SMARTS) is 1. The van der Waals surface area contributed by atoms with Crippen LogP contribution in [0, 0.1) is 0 Å². The maximum absolute atomic E-state index is 13.1. The standard InChI is InChI=1S/C21H15N3O3S/c25-20-17(13-19-22-10-11-28-19)18(12-14-4-2-1-3-5-14)23-24(20)16-8-6-15(7-9-16)21(26)27/h1-11,13H,12H2,(H,26,27)/b17-13-. The van der Waals surface area contributed by atoms with Crippen molar-refractivity contribution in [2.75, 3.05) is 5.01 Å². The Hall–Kier alpha value is -3.58. The minimum Gasteiger partial charge on any atom is -0.478 e. The molecule has 1 aliphatic heterocycles.